The average molecular weight is 432 g/mol. The number of pyridine rings is 1. The predicted octanol–water partition coefficient (Wildman–Crippen LogP) is 4.19. The standard InChI is InChI=1S/C11H7BrCl3N3O2S/c12-6-3-5(4-17-11(6)15)18-21(19,20)8-2-1-7(13)10(16)9(8)14/h1-4,18H,16H2. The summed E-state index contributed by atoms with van der Waals surface area (Å²) in [5.41, 5.74) is 5.84. The summed E-state index contributed by atoms with van der Waals surface area (Å²) in [6.45, 7) is 0. The van der Waals surface area contributed by atoms with Crippen molar-refractivity contribution in [2.45, 2.75) is 4.90 Å². The zero-order valence-electron chi connectivity index (χ0n) is 10.1. The number of anilines is 2. The fourth-order valence-corrected chi connectivity index (χ4v) is 3.70. The van der Waals surface area contributed by atoms with Crippen molar-refractivity contribution in [2.24, 2.45) is 0 Å². The number of halogens is 4. The first kappa shape index (κ1) is 16.6. The summed E-state index contributed by atoms with van der Waals surface area (Å²) in [5, 5.41) is 0.248. The second kappa shape index (κ2) is 6.18. The van der Waals surface area contributed by atoms with Gasteiger partial charge in [-0.2, -0.15) is 0 Å². The van der Waals surface area contributed by atoms with Crippen LogP contribution in [0.3, 0.4) is 0 Å². The van der Waals surface area contributed by atoms with Crippen LogP contribution in [0.1, 0.15) is 0 Å². The Labute approximate surface area is 144 Å². The van der Waals surface area contributed by atoms with Crippen molar-refractivity contribution in [1.82, 2.24) is 4.98 Å². The third kappa shape index (κ3) is 3.54. The zero-order valence-corrected chi connectivity index (χ0v) is 14.7. The lowest BCUT2D eigenvalue weighted by atomic mass is 10.3. The molecule has 0 aliphatic rings. The number of aromatic nitrogens is 1. The molecule has 0 amide bonds. The van der Waals surface area contributed by atoms with E-state index in [1.54, 1.807) is 0 Å². The maximum atomic E-state index is 12.3. The van der Waals surface area contributed by atoms with Gasteiger partial charge in [0.2, 0.25) is 0 Å². The third-order valence-electron chi connectivity index (χ3n) is 2.43. The van der Waals surface area contributed by atoms with Crippen LogP contribution in [0.25, 0.3) is 0 Å². The van der Waals surface area contributed by atoms with Crippen LogP contribution < -0.4 is 10.5 Å². The molecule has 1 aromatic carbocycles. The molecule has 2 rings (SSSR count). The molecule has 0 fully saturated rings. The van der Waals surface area contributed by atoms with Gasteiger partial charge in [-0.05, 0) is 34.1 Å². The van der Waals surface area contributed by atoms with Gasteiger partial charge in [0.25, 0.3) is 10.0 Å². The molecule has 2 aromatic rings. The highest BCUT2D eigenvalue weighted by atomic mass is 79.9. The molecule has 0 saturated heterocycles. The number of rotatable bonds is 3. The van der Waals surface area contributed by atoms with Crippen molar-refractivity contribution >= 4 is 72.1 Å². The van der Waals surface area contributed by atoms with Gasteiger partial charge in [-0.15, -0.1) is 0 Å². The molecule has 0 spiro atoms. The van der Waals surface area contributed by atoms with E-state index in [4.69, 9.17) is 40.5 Å². The number of nitrogens with one attached hydrogen (secondary N) is 1. The Hall–Kier alpha value is -0.730. The molecular formula is C11H7BrCl3N3O2S. The van der Waals surface area contributed by atoms with E-state index < -0.39 is 10.0 Å². The molecule has 10 heteroatoms. The van der Waals surface area contributed by atoms with E-state index in [9.17, 15) is 8.42 Å². The molecule has 0 aliphatic heterocycles. The van der Waals surface area contributed by atoms with E-state index in [0.717, 1.165) is 0 Å². The molecule has 0 bridgehead atoms. The van der Waals surface area contributed by atoms with E-state index in [1.165, 1.54) is 24.4 Å². The summed E-state index contributed by atoms with van der Waals surface area (Å²) in [6.07, 6.45) is 1.28. The van der Waals surface area contributed by atoms with E-state index in [2.05, 4.69) is 25.6 Å². The lowest BCUT2D eigenvalue weighted by molar-refractivity contribution is 0.601. The van der Waals surface area contributed by atoms with Crippen LogP contribution in [0.15, 0.2) is 33.8 Å². The maximum Gasteiger partial charge on any atom is 0.263 e. The number of nitrogens with zero attached hydrogens (tertiary/aromatic N) is 1. The minimum absolute atomic E-state index is 0.00313. The highest BCUT2D eigenvalue weighted by Gasteiger charge is 2.21. The molecule has 0 radical (unpaired) electrons. The van der Waals surface area contributed by atoms with Gasteiger partial charge in [-0.25, -0.2) is 13.4 Å². The molecule has 21 heavy (non-hydrogen) atoms. The first-order valence-electron chi connectivity index (χ1n) is 5.29. The molecule has 0 saturated carbocycles. The minimum atomic E-state index is -3.94. The zero-order chi connectivity index (χ0) is 15.8. The van der Waals surface area contributed by atoms with Gasteiger partial charge in [0.15, 0.2) is 0 Å². The van der Waals surface area contributed by atoms with Gasteiger partial charge >= 0.3 is 0 Å². The van der Waals surface area contributed by atoms with Gasteiger partial charge in [0.05, 0.1) is 32.1 Å². The van der Waals surface area contributed by atoms with E-state index in [0.29, 0.717) is 4.47 Å². The summed E-state index contributed by atoms with van der Waals surface area (Å²) < 4.78 is 27.4. The second-order valence-electron chi connectivity index (χ2n) is 3.88. The molecule has 5 nitrogen and oxygen atoms in total. The van der Waals surface area contributed by atoms with Crippen LogP contribution in [0, 0.1) is 0 Å². The van der Waals surface area contributed by atoms with Gasteiger partial charge in [0, 0.05) is 0 Å². The lowest BCUT2D eigenvalue weighted by Gasteiger charge is -2.11. The molecule has 0 atom stereocenters. The van der Waals surface area contributed by atoms with E-state index in [-0.39, 0.29) is 31.5 Å². The van der Waals surface area contributed by atoms with E-state index >= 15 is 0 Å². The van der Waals surface area contributed by atoms with Gasteiger partial charge in [-0.1, -0.05) is 34.8 Å². The average Bonchev–Trinajstić information content (AvgIpc) is 2.39. The van der Waals surface area contributed by atoms with Crippen LogP contribution >= 0.6 is 50.7 Å². The number of sulfonamides is 1. The SMILES string of the molecule is Nc1c(Cl)ccc(S(=O)(=O)Nc2cnc(Cl)c(Br)c2)c1Cl. The van der Waals surface area contributed by atoms with Crippen molar-refractivity contribution < 1.29 is 8.42 Å². The molecule has 3 N–H and O–H groups in total. The number of nitrogen functional groups attached to an aromatic ring is 1. The Balaban J connectivity index is 2.43. The second-order valence-corrected chi connectivity index (χ2v) is 7.52. The number of benzene rings is 1. The van der Waals surface area contributed by atoms with Crippen LogP contribution in [0.2, 0.25) is 15.2 Å². The van der Waals surface area contributed by atoms with Crippen LogP contribution in [-0.4, -0.2) is 13.4 Å². The summed E-state index contributed by atoms with van der Waals surface area (Å²) in [7, 11) is -3.94. The molecular weight excluding hydrogens is 424 g/mol. The fourth-order valence-electron chi connectivity index (χ4n) is 1.44. The molecule has 0 aliphatic carbocycles. The maximum absolute atomic E-state index is 12.3. The van der Waals surface area contributed by atoms with Crippen molar-refractivity contribution in [3.63, 3.8) is 0 Å². The third-order valence-corrected chi connectivity index (χ3v) is 5.84. The van der Waals surface area contributed by atoms with E-state index in [1.807, 2.05) is 0 Å². The number of hydrogen-bond donors (Lipinski definition) is 2. The molecule has 112 valence electrons. The Morgan fingerprint density at radius 3 is 2.52 bits per heavy atom. The normalized spacial score (nSPS) is 11.4. The summed E-state index contributed by atoms with van der Waals surface area (Å²) >= 11 is 20.6. The van der Waals surface area contributed by atoms with Crippen LogP contribution in [-0.2, 0) is 10.0 Å². The summed E-state index contributed by atoms with van der Waals surface area (Å²) in [5.74, 6) is 0. The van der Waals surface area contributed by atoms with Gasteiger partial charge in [0.1, 0.15) is 10.0 Å². The van der Waals surface area contributed by atoms with Crippen molar-refractivity contribution in [3.05, 3.63) is 44.1 Å². The first-order valence-corrected chi connectivity index (χ1v) is 8.70. The van der Waals surface area contributed by atoms with Crippen molar-refractivity contribution in [1.29, 1.82) is 0 Å². The fraction of sp³-hybridized carbons (Fsp3) is 0. The largest absolute Gasteiger partial charge is 0.396 e. The number of nitrogens with two attached hydrogens (primary N) is 1. The Morgan fingerprint density at radius 2 is 1.90 bits per heavy atom. The topological polar surface area (TPSA) is 85.1 Å². The quantitative estimate of drug-likeness (QED) is 0.564. The Bertz CT molecular complexity index is 815. The van der Waals surface area contributed by atoms with Crippen LogP contribution in [0.4, 0.5) is 11.4 Å². The first-order chi connectivity index (χ1) is 9.72. The smallest absolute Gasteiger partial charge is 0.263 e. The predicted molar refractivity (Wildman–Crippen MR) is 88.6 cm³/mol. The molecule has 1 aromatic heterocycles. The molecule has 0 unspecified atom stereocenters. The van der Waals surface area contributed by atoms with Crippen molar-refractivity contribution in [3.8, 4) is 0 Å². The lowest BCUT2D eigenvalue weighted by Crippen LogP contribution is -2.14. The van der Waals surface area contributed by atoms with Crippen LogP contribution in [0.5, 0.6) is 0 Å². The Kier molecular flexibility index (Phi) is 4.89. The number of hydrogen-bond acceptors (Lipinski definition) is 4. The van der Waals surface area contributed by atoms with Gasteiger partial charge in [-0.3, -0.25) is 4.72 Å². The molecule has 1 heterocycles. The van der Waals surface area contributed by atoms with Crippen molar-refractivity contribution in [2.75, 3.05) is 10.5 Å². The summed E-state index contributed by atoms with van der Waals surface area (Å²) in [4.78, 5) is 3.64. The Morgan fingerprint density at radius 1 is 1.24 bits per heavy atom. The highest BCUT2D eigenvalue weighted by molar-refractivity contribution is 9.10. The highest BCUT2D eigenvalue weighted by Crippen LogP contribution is 2.34. The van der Waals surface area contributed by atoms with Gasteiger partial charge < -0.3 is 5.73 Å². The summed E-state index contributed by atoms with van der Waals surface area (Å²) in [6, 6.07) is 4.09. The minimum Gasteiger partial charge on any atom is -0.396 e. The monoisotopic (exact) mass is 429 g/mol.